The van der Waals surface area contributed by atoms with Crippen LogP contribution in [0.15, 0.2) is 36.5 Å². The summed E-state index contributed by atoms with van der Waals surface area (Å²) in [6.07, 6.45) is 20.0. The summed E-state index contributed by atoms with van der Waals surface area (Å²) in [7, 11) is 0. The van der Waals surface area contributed by atoms with E-state index < -0.39 is 0 Å². The van der Waals surface area contributed by atoms with E-state index in [-0.39, 0.29) is 38.6 Å². The van der Waals surface area contributed by atoms with E-state index in [0.29, 0.717) is 0 Å². The normalized spacial score (nSPS) is 14.7. The molecule has 0 saturated carbocycles. The minimum atomic E-state index is 0. The van der Waals surface area contributed by atoms with Crippen LogP contribution in [0, 0.1) is 12.2 Å². The largest absolute Gasteiger partial charge is 2.00 e. The van der Waals surface area contributed by atoms with Crippen molar-refractivity contribution in [1.82, 2.24) is 0 Å². The van der Waals surface area contributed by atoms with E-state index in [2.05, 4.69) is 24.3 Å². The zero-order chi connectivity index (χ0) is 7.07. The molecule has 0 atom stereocenters. The predicted octanol–water partition coefficient (Wildman–Crippen LogP) is 3.03. The van der Waals surface area contributed by atoms with Crippen LogP contribution in [0.5, 0.6) is 0 Å². The molecule has 0 unspecified atom stereocenters. The molecule has 0 saturated heterocycles. The minimum Gasteiger partial charge on any atom is -0.273 e. The van der Waals surface area contributed by atoms with Crippen LogP contribution in [0.4, 0.5) is 0 Å². The molecule has 2 heteroatoms. The van der Waals surface area contributed by atoms with Gasteiger partial charge in [0.05, 0.1) is 0 Å². The van der Waals surface area contributed by atoms with Gasteiger partial charge in [0.1, 0.15) is 0 Å². The van der Waals surface area contributed by atoms with Crippen molar-refractivity contribution in [3.05, 3.63) is 48.6 Å². The van der Waals surface area contributed by atoms with Crippen molar-refractivity contribution in [3.63, 3.8) is 0 Å². The van der Waals surface area contributed by atoms with Crippen molar-refractivity contribution in [1.29, 1.82) is 0 Å². The Labute approximate surface area is 99.7 Å². The molecule has 0 nitrogen and oxygen atoms in total. The van der Waals surface area contributed by atoms with Crippen LogP contribution in [-0.2, 0) is 26.2 Å². The second-order valence-electron chi connectivity index (χ2n) is 2.01. The summed E-state index contributed by atoms with van der Waals surface area (Å²) in [6.45, 7) is 0. The van der Waals surface area contributed by atoms with E-state index in [1.807, 2.05) is 24.3 Å². The van der Waals surface area contributed by atoms with Gasteiger partial charge in [0.15, 0.2) is 0 Å². The predicted molar refractivity (Wildman–Crippen MR) is 50.4 cm³/mol. The van der Waals surface area contributed by atoms with E-state index in [9.17, 15) is 0 Å². The zero-order valence-electron chi connectivity index (χ0n) is 6.79. The summed E-state index contributed by atoms with van der Waals surface area (Å²) in [5.41, 5.74) is 0. The molecule has 0 heterocycles. The monoisotopic (exact) mass is 256 g/mol. The van der Waals surface area contributed by atoms with Gasteiger partial charge in [0.2, 0.25) is 0 Å². The topological polar surface area (TPSA) is 0 Å². The first-order valence-corrected chi connectivity index (χ1v) is 3.43. The third-order valence-electron chi connectivity index (χ3n) is 1.17. The Morgan fingerprint density at radius 1 is 0.833 bits per heavy atom. The second-order valence-corrected chi connectivity index (χ2v) is 2.01. The molecule has 0 aromatic rings. The Balaban J connectivity index is 0. The van der Waals surface area contributed by atoms with Gasteiger partial charge in [-0.15, -0.1) is 25.2 Å². The maximum atomic E-state index is 2.99. The molecule has 2 rings (SSSR count). The molecule has 0 aliphatic heterocycles. The molecule has 62 valence electrons. The summed E-state index contributed by atoms with van der Waals surface area (Å²) in [5.74, 6) is 0. The number of hydrogen-bond acceptors (Lipinski definition) is 0. The molecule has 0 fully saturated rings. The fourth-order valence-corrected chi connectivity index (χ4v) is 0.680. The van der Waals surface area contributed by atoms with Crippen molar-refractivity contribution < 1.29 is 26.2 Å². The van der Waals surface area contributed by atoms with Crippen LogP contribution in [0.1, 0.15) is 12.8 Å². The average Bonchev–Trinajstić information content (AvgIpc) is 2.67. The molecule has 12 heavy (non-hydrogen) atoms. The van der Waals surface area contributed by atoms with Crippen LogP contribution in [0.3, 0.4) is 0 Å². The fourth-order valence-electron chi connectivity index (χ4n) is 0.680. The molecule has 2 aliphatic rings. The molecule has 0 N–H and O–H groups in total. The summed E-state index contributed by atoms with van der Waals surface area (Å²) < 4.78 is 0. The van der Waals surface area contributed by atoms with Gasteiger partial charge in [0.25, 0.3) is 0 Å². The summed E-state index contributed by atoms with van der Waals surface area (Å²) in [6, 6.07) is 0. The first kappa shape index (κ1) is 14.6. The average molecular weight is 258 g/mol. The molecule has 2 aliphatic carbocycles. The van der Waals surface area contributed by atoms with Gasteiger partial charge in [-0.25, -0.2) is 24.3 Å². The number of rotatable bonds is 0. The van der Waals surface area contributed by atoms with Crippen LogP contribution < -0.4 is 0 Å². The quantitative estimate of drug-likeness (QED) is 0.586. The van der Waals surface area contributed by atoms with Gasteiger partial charge in [-0.3, -0.25) is 12.2 Å². The van der Waals surface area contributed by atoms with E-state index in [0.717, 1.165) is 12.8 Å². The third-order valence-corrected chi connectivity index (χ3v) is 1.17. The van der Waals surface area contributed by atoms with E-state index in [4.69, 9.17) is 0 Å². The van der Waals surface area contributed by atoms with E-state index >= 15 is 0 Å². The maximum absolute atomic E-state index is 2.99. The van der Waals surface area contributed by atoms with Crippen LogP contribution in [-0.4, -0.2) is 0 Å². The maximum Gasteiger partial charge on any atom is 2.00 e. The Kier molecular flexibility index (Phi) is 13.6. The van der Waals surface area contributed by atoms with Crippen molar-refractivity contribution in [3.8, 4) is 0 Å². The van der Waals surface area contributed by atoms with Crippen LogP contribution in [0.25, 0.3) is 0 Å². The molecule has 0 aromatic carbocycles. The van der Waals surface area contributed by atoms with Gasteiger partial charge in [-0.1, -0.05) is 0 Å². The standard InChI is InChI=1S/2C5H5.ClH.Zr/c2*1-2-4-5-3-1;;/h2*1-3H,4H2;1H;/q2*-1;;+2. The Morgan fingerprint density at radius 2 is 1.25 bits per heavy atom. The first-order chi connectivity index (χ1) is 5.00. The molecule has 0 radical (unpaired) electrons. The number of allylic oxidation sites excluding steroid dienone is 8. The SMILES string of the molecule is Cl.[C-]1=CC=CC1.[C-]1=CC=CC1.[Zr+2]. The molecular formula is C10H11ClZr. The Hall–Kier alpha value is 0.133. The number of hydrogen-bond donors (Lipinski definition) is 0. The van der Waals surface area contributed by atoms with E-state index in [1.165, 1.54) is 0 Å². The van der Waals surface area contributed by atoms with Gasteiger partial charge in [0, 0.05) is 0 Å². The molecule has 0 spiro atoms. The van der Waals surface area contributed by atoms with Crippen LogP contribution in [0.2, 0.25) is 0 Å². The van der Waals surface area contributed by atoms with Crippen molar-refractivity contribution in [2.75, 3.05) is 0 Å². The Bertz CT molecular complexity index is 148. The first-order valence-electron chi connectivity index (χ1n) is 3.43. The van der Waals surface area contributed by atoms with Gasteiger partial charge >= 0.3 is 26.2 Å². The van der Waals surface area contributed by atoms with Gasteiger partial charge < -0.3 is 0 Å². The number of halogens is 1. The third kappa shape index (κ3) is 8.23. The molecule has 0 aromatic heterocycles. The van der Waals surface area contributed by atoms with Crippen molar-refractivity contribution >= 4 is 12.4 Å². The Morgan fingerprint density at radius 3 is 1.33 bits per heavy atom. The van der Waals surface area contributed by atoms with Gasteiger partial charge in [-0.2, -0.15) is 12.2 Å². The summed E-state index contributed by atoms with van der Waals surface area (Å²) >= 11 is 0. The second kappa shape index (κ2) is 11.1. The van der Waals surface area contributed by atoms with E-state index in [1.54, 1.807) is 0 Å². The molecule has 0 bridgehead atoms. The van der Waals surface area contributed by atoms with Crippen LogP contribution >= 0.6 is 12.4 Å². The smallest absolute Gasteiger partial charge is 0.273 e. The van der Waals surface area contributed by atoms with Crippen molar-refractivity contribution in [2.45, 2.75) is 12.8 Å². The minimum absolute atomic E-state index is 0. The fraction of sp³-hybridized carbons (Fsp3) is 0.200. The summed E-state index contributed by atoms with van der Waals surface area (Å²) in [5, 5.41) is 0. The van der Waals surface area contributed by atoms with Crippen molar-refractivity contribution in [2.24, 2.45) is 0 Å². The molecule has 0 amide bonds. The van der Waals surface area contributed by atoms with Gasteiger partial charge in [-0.05, 0) is 0 Å². The summed E-state index contributed by atoms with van der Waals surface area (Å²) in [4.78, 5) is 0. The zero-order valence-corrected chi connectivity index (χ0v) is 10.1. The molecular weight excluding hydrogens is 247 g/mol.